The molecule has 0 unspecified atom stereocenters. The minimum Gasteiger partial charge on any atom is -0.351 e. The smallest absolute Gasteiger partial charge is 0.269 e. The van der Waals surface area contributed by atoms with Gasteiger partial charge in [-0.3, -0.25) is 14.6 Å². The number of amides is 2. The SMILES string of the molecule is CCCCCNC(=O)c1cc(C(=O)NCc2ccccc2Cl)ccn1. The van der Waals surface area contributed by atoms with E-state index in [2.05, 4.69) is 22.5 Å². The van der Waals surface area contributed by atoms with Crippen LogP contribution in [-0.2, 0) is 6.54 Å². The first-order valence-corrected chi connectivity index (χ1v) is 8.75. The van der Waals surface area contributed by atoms with Crippen molar-refractivity contribution in [3.05, 3.63) is 64.4 Å². The Morgan fingerprint density at radius 3 is 2.64 bits per heavy atom. The van der Waals surface area contributed by atoms with Crippen molar-refractivity contribution in [3.63, 3.8) is 0 Å². The van der Waals surface area contributed by atoms with Crippen LogP contribution in [0.1, 0.15) is 52.6 Å². The molecule has 0 aliphatic carbocycles. The van der Waals surface area contributed by atoms with E-state index in [0.717, 1.165) is 24.8 Å². The molecule has 25 heavy (non-hydrogen) atoms. The quantitative estimate of drug-likeness (QED) is 0.707. The van der Waals surface area contributed by atoms with Gasteiger partial charge in [0, 0.05) is 29.9 Å². The summed E-state index contributed by atoms with van der Waals surface area (Å²) in [6, 6.07) is 10.4. The van der Waals surface area contributed by atoms with Gasteiger partial charge in [-0.2, -0.15) is 0 Å². The van der Waals surface area contributed by atoms with Gasteiger partial charge >= 0.3 is 0 Å². The molecule has 0 aliphatic heterocycles. The summed E-state index contributed by atoms with van der Waals surface area (Å²) in [6.07, 6.45) is 4.55. The second-order valence-electron chi connectivity index (χ2n) is 5.67. The zero-order valence-electron chi connectivity index (χ0n) is 14.2. The molecule has 0 radical (unpaired) electrons. The van der Waals surface area contributed by atoms with Gasteiger partial charge in [-0.25, -0.2) is 0 Å². The molecular weight excluding hydrogens is 338 g/mol. The van der Waals surface area contributed by atoms with Crippen molar-refractivity contribution in [2.75, 3.05) is 6.54 Å². The molecule has 1 aromatic heterocycles. The van der Waals surface area contributed by atoms with Crippen molar-refractivity contribution >= 4 is 23.4 Å². The highest BCUT2D eigenvalue weighted by Crippen LogP contribution is 2.14. The number of carbonyl (C=O) groups excluding carboxylic acids is 2. The maximum atomic E-state index is 12.3. The zero-order chi connectivity index (χ0) is 18.1. The number of nitrogens with zero attached hydrogens (tertiary/aromatic N) is 1. The predicted octanol–water partition coefficient (Wildman–Crippen LogP) is 3.59. The molecule has 5 nitrogen and oxygen atoms in total. The Hall–Kier alpha value is -2.40. The van der Waals surface area contributed by atoms with Gasteiger partial charge in [-0.15, -0.1) is 0 Å². The van der Waals surface area contributed by atoms with Gasteiger partial charge in [0.05, 0.1) is 0 Å². The van der Waals surface area contributed by atoms with E-state index < -0.39 is 0 Å². The molecule has 1 aromatic carbocycles. The zero-order valence-corrected chi connectivity index (χ0v) is 15.0. The van der Waals surface area contributed by atoms with E-state index in [1.165, 1.54) is 12.3 Å². The first-order chi connectivity index (χ1) is 12.1. The molecule has 0 atom stereocenters. The number of rotatable bonds is 8. The first-order valence-electron chi connectivity index (χ1n) is 8.37. The fourth-order valence-electron chi connectivity index (χ4n) is 2.28. The number of benzene rings is 1. The van der Waals surface area contributed by atoms with E-state index in [0.29, 0.717) is 23.7 Å². The summed E-state index contributed by atoms with van der Waals surface area (Å²) >= 11 is 6.08. The van der Waals surface area contributed by atoms with Crippen LogP contribution < -0.4 is 10.6 Å². The van der Waals surface area contributed by atoms with Crippen LogP contribution in [-0.4, -0.2) is 23.3 Å². The Labute approximate surface area is 152 Å². The van der Waals surface area contributed by atoms with Crippen LogP contribution in [0.3, 0.4) is 0 Å². The van der Waals surface area contributed by atoms with E-state index in [1.807, 2.05) is 18.2 Å². The monoisotopic (exact) mass is 359 g/mol. The van der Waals surface area contributed by atoms with Gasteiger partial charge in [0.15, 0.2) is 0 Å². The summed E-state index contributed by atoms with van der Waals surface area (Å²) in [7, 11) is 0. The summed E-state index contributed by atoms with van der Waals surface area (Å²) in [6.45, 7) is 3.03. The van der Waals surface area contributed by atoms with Crippen LogP contribution in [0.4, 0.5) is 0 Å². The van der Waals surface area contributed by atoms with Gasteiger partial charge < -0.3 is 10.6 Å². The molecular formula is C19H22ClN3O2. The van der Waals surface area contributed by atoms with Crippen molar-refractivity contribution in [3.8, 4) is 0 Å². The highest BCUT2D eigenvalue weighted by molar-refractivity contribution is 6.31. The van der Waals surface area contributed by atoms with E-state index in [1.54, 1.807) is 12.1 Å². The van der Waals surface area contributed by atoms with Crippen LogP contribution in [0.2, 0.25) is 5.02 Å². The summed E-state index contributed by atoms with van der Waals surface area (Å²) in [5.74, 6) is -0.542. The number of halogens is 1. The first kappa shape index (κ1) is 18.9. The molecule has 6 heteroatoms. The van der Waals surface area contributed by atoms with Crippen molar-refractivity contribution in [2.24, 2.45) is 0 Å². The van der Waals surface area contributed by atoms with Crippen molar-refractivity contribution in [1.82, 2.24) is 15.6 Å². The van der Waals surface area contributed by atoms with Crippen LogP contribution in [0.5, 0.6) is 0 Å². The molecule has 0 saturated heterocycles. The lowest BCUT2D eigenvalue weighted by molar-refractivity contribution is 0.0948. The average Bonchev–Trinajstić information content (AvgIpc) is 2.64. The largest absolute Gasteiger partial charge is 0.351 e. The number of aromatic nitrogens is 1. The van der Waals surface area contributed by atoms with Crippen LogP contribution in [0.15, 0.2) is 42.6 Å². The van der Waals surface area contributed by atoms with Gasteiger partial charge in [0.25, 0.3) is 11.8 Å². The molecule has 2 amide bonds. The van der Waals surface area contributed by atoms with Crippen molar-refractivity contribution in [1.29, 1.82) is 0 Å². The van der Waals surface area contributed by atoms with E-state index in [4.69, 9.17) is 11.6 Å². The van der Waals surface area contributed by atoms with Crippen LogP contribution in [0.25, 0.3) is 0 Å². The Balaban J connectivity index is 1.94. The summed E-state index contributed by atoms with van der Waals surface area (Å²) in [4.78, 5) is 28.4. The Kier molecular flexibility index (Phi) is 7.41. The number of hydrogen-bond donors (Lipinski definition) is 2. The molecule has 0 saturated carbocycles. The molecule has 132 valence electrons. The maximum Gasteiger partial charge on any atom is 0.269 e. The molecule has 1 heterocycles. The third kappa shape index (κ3) is 5.87. The lowest BCUT2D eigenvalue weighted by Gasteiger charge is -2.08. The van der Waals surface area contributed by atoms with Crippen LogP contribution >= 0.6 is 11.6 Å². The number of carbonyl (C=O) groups is 2. The molecule has 0 spiro atoms. The fraction of sp³-hybridized carbons (Fsp3) is 0.316. The Bertz CT molecular complexity index is 734. The topological polar surface area (TPSA) is 71.1 Å². The van der Waals surface area contributed by atoms with E-state index in [-0.39, 0.29) is 17.5 Å². The lowest BCUT2D eigenvalue weighted by atomic mass is 10.2. The highest BCUT2D eigenvalue weighted by atomic mass is 35.5. The normalized spacial score (nSPS) is 10.3. The summed E-state index contributed by atoms with van der Waals surface area (Å²) in [5, 5.41) is 6.22. The maximum absolute atomic E-state index is 12.3. The average molecular weight is 360 g/mol. The molecule has 0 aliphatic rings. The van der Waals surface area contributed by atoms with Crippen LogP contribution in [0, 0.1) is 0 Å². The third-order valence-electron chi connectivity index (χ3n) is 3.72. The van der Waals surface area contributed by atoms with E-state index >= 15 is 0 Å². The molecule has 0 fully saturated rings. The number of unbranched alkanes of at least 4 members (excludes halogenated alkanes) is 2. The Morgan fingerprint density at radius 1 is 1.08 bits per heavy atom. The van der Waals surface area contributed by atoms with Gasteiger partial charge in [0.1, 0.15) is 5.69 Å². The number of pyridine rings is 1. The van der Waals surface area contributed by atoms with Crippen molar-refractivity contribution in [2.45, 2.75) is 32.7 Å². The number of nitrogens with one attached hydrogen (secondary N) is 2. The molecule has 2 N–H and O–H groups in total. The highest BCUT2D eigenvalue weighted by Gasteiger charge is 2.12. The Morgan fingerprint density at radius 2 is 1.88 bits per heavy atom. The minimum atomic E-state index is -0.276. The predicted molar refractivity (Wildman–Crippen MR) is 98.7 cm³/mol. The summed E-state index contributed by atoms with van der Waals surface area (Å²) < 4.78 is 0. The van der Waals surface area contributed by atoms with Gasteiger partial charge in [-0.05, 0) is 30.2 Å². The summed E-state index contributed by atoms with van der Waals surface area (Å²) in [5.41, 5.74) is 1.46. The minimum absolute atomic E-state index is 0.238. The van der Waals surface area contributed by atoms with Gasteiger partial charge in [-0.1, -0.05) is 49.6 Å². The lowest BCUT2D eigenvalue weighted by Crippen LogP contribution is -2.27. The van der Waals surface area contributed by atoms with Crippen molar-refractivity contribution < 1.29 is 9.59 Å². The second kappa shape index (κ2) is 9.79. The third-order valence-corrected chi connectivity index (χ3v) is 4.09. The fourth-order valence-corrected chi connectivity index (χ4v) is 2.49. The number of hydrogen-bond acceptors (Lipinski definition) is 3. The molecule has 2 rings (SSSR count). The molecule has 0 bridgehead atoms. The second-order valence-corrected chi connectivity index (χ2v) is 6.07. The standard InChI is InChI=1S/C19H22ClN3O2/c1-2-3-6-10-22-19(25)17-12-14(9-11-21-17)18(24)23-13-15-7-4-5-8-16(15)20/h4-5,7-9,11-12H,2-3,6,10,13H2,1H3,(H,22,25)(H,23,24). The van der Waals surface area contributed by atoms with E-state index in [9.17, 15) is 9.59 Å². The molecule has 2 aromatic rings. The van der Waals surface area contributed by atoms with Gasteiger partial charge in [0.2, 0.25) is 0 Å².